The highest BCUT2D eigenvalue weighted by molar-refractivity contribution is 5.84. The Morgan fingerprint density at radius 1 is 1.16 bits per heavy atom. The van der Waals surface area contributed by atoms with Gasteiger partial charge in [0.2, 0.25) is 5.91 Å². The number of carbonyl (C=O) groups is 1. The van der Waals surface area contributed by atoms with Gasteiger partial charge in [-0.3, -0.25) is 9.69 Å². The Kier molecular flexibility index (Phi) is 4.83. The van der Waals surface area contributed by atoms with Gasteiger partial charge in [0.25, 0.3) is 0 Å². The third-order valence-corrected chi connectivity index (χ3v) is 6.49. The van der Waals surface area contributed by atoms with Gasteiger partial charge in [0.1, 0.15) is 0 Å². The molecular formula is C21H30N2O2. The predicted octanol–water partition coefficient (Wildman–Crippen LogP) is 2.99. The summed E-state index contributed by atoms with van der Waals surface area (Å²) in [7, 11) is 0. The highest BCUT2D eigenvalue weighted by Gasteiger charge is 2.49. The molecule has 1 amide bonds. The number of ether oxygens (including phenoxy) is 1. The Balaban J connectivity index is 1.45. The lowest BCUT2D eigenvalue weighted by Gasteiger charge is -2.44. The van der Waals surface area contributed by atoms with Gasteiger partial charge in [0.15, 0.2) is 0 Å². The quantitative estimate of drug-likeness (QED) is 0.847. The second-order valence-corrected chi connectivity index (χ2v) is 8.11. The molecule has 1 spiro atoms. The van der Waals surface area contributed by atoms with Gasteiger partial charge in [-0.15, -0.1) is 0 Å². The van der Waals surface area contributed by atoms with Gasteiger partial charge < -0.3 is 9.64 Å². The molecule has 0 aromatic heterocycles. The van der Waals surface area contributed by atoms with E-state index in [-0.39, 0.29) is 5.41 Å². The molecule has 1 aromatic carbocycles. The minimum Gasteiger partial charge on any atom is -0.381 e. The van der Waals surface area contributed by atoms with Crippen LogP contribution >= 0.6 is 0 Å². The SMILES string of the molecule is Cc1ccccc1CN1CCC2(CCCN(C3CCOCC3)C2=O)C1. The molecule has 3 saturated heterocycles. The molecule has 3 heterocycles. The number of piperidine rings is 1. The highest BCUT2D eigenvalue weighted by Crippen LogP contribution is 2.41. The molecule has 4 rings (SSSR count). The third-order valence-electron chi connectivity index (χ3n) is 6.49. The lowest BCUT2D eigenvalue weighted by molar-refractivity contribution is -0.150. The molecule has 4 nitrogen and oxygen atoms in total. The number of benzene rings is 1. The minimum absolute atomic E-state index is 0.126. The molecule has 1 atom stereocenters. The summed E-state index contributed by atoms with van der Waals surface area (Å²) in [5, 5.41) is 0. The van der Waals surface area contributed by atoms with E-state index >= 15 is 0 Å². The fraction of sp³-hybridized carbons (Fsp3) is 0.667. The van der Waals surface area contributed by atoms with E-state index in [1.54, 1.807) is 0 Å². The maximum atomic E-state index is 13.4. The average Bonchev–Trinajstić information content (AvgIpc) is 3.04. The summed E-state index contributed by atoms with van der Waals surface area (Å²) in [5.41, 5.74) is 2.62. The van der Waals surface area contributed by atoms with Crippen molar-refractivity contribution in [2.45, 2.75) is 51.6 Å². The van der Waals surface area contributed by atoms with E-state index in [0.717, 1.165) is 71.5 Å². The summed E-state index contributed by atoms with van der Waals surface area (Å²) in [4.78, 5) is 18.1. The summed E-state index contributed by atoms with van der Waals surface area (Å²) in [6.07, 6.45) is 5.26. The third kappa shape index (κ3) is 3.34. The Hall–Kier alpha value is -1.39. The zero-order valence-corrected chi connectivity index (χ0v) is 15.4. The minimum atomic E-state index is -0.126. The molecule has 0 bridgehead atoms. The lowest BCUT2D eigenvalue weighted by Crippen LogP contribution is -2.54. The van der Waals surface area contributed by atoms with Crippen LogP contribution in [0.15, 0.2) is 24.3 Å². The molecule has 1 unspecified atom stereocenters. The molecule has 0 radical (unpaired) electrons. The van der Waals surface area contributed by atoms with Crippen molar-refractivity contribution in [3.8, 4) is 0 Å². The van der Waals surface area contributed by atoms with Crippen molar-refractivity contribution in [3.05, 3.63) is 35.4 Å². The van der Waals surface area contributed by atoms with Crippen molar-refractivity contribution in [2.24, 2.45) is 5.41 Å². The van der Waals surface area contributed by atoms with E-state index < -0.39 is 0 Å². The van der Waals surface area contributed by atoms with Gasteiger partial charge in [-0.2, -0.15) is 0 Å². The van der Waals surface area contributed by atoms with Crippen LogP contribution in [-0.2, 0) is 16.1 Å². The molecule has 0 saturated carbocycles. The van der Waals surface area contributed by atoms with Crippen molar-refractivity contribution in [1.29, 1.82) is 0 Å². The molecular weight excluding hydrogens is 312 g/mol. The summed E-state index contributed by atoms with van der Waals surface area (Å²) in [6.45, 7) is 7.69. The summed E-state index contributed by atoms with van der Waals surface area (Å²) in [5.74, 6) is 0.429. The van der Waals surface area contributed by atoms with E-state index in [0.29, 0.717) is 11.9 Å². The fourth-order valence-corrected chi connectivity index (χ4v) is 4.95. The number of hydrogen-bond acceptors (Lipinski definition) is 3. The van der Waals surface area contributed by atoms with Crippen molar-refractivity contribution in [2.75, 3.05) is 32.8 Å². The van der Waals surface area contributed by atoms with Crippen LogP contribution in [0.4, 0.5) is 0 Å². The largest absolute Gasteiger partial charge is 0.381 e. The van der Waals surface area contributed by atoms with E-state index in [4.69, 9.17) is 4.74 Å². The summed E-state index contributed by atoms with van der Waals surface area (Å²) in [6, 6.07) is 9.02. The number of likely N-dealkylation sites (tertiary alicyclic amines) is 2. The van der Waals surface area contributed by atoms with Crippen molar-refractivity contribution in [1.82, 2.24) is 9.80 Å². The second kappa shape index (κ2) is 7.08. The Labute approximate surface area is 151 Å². The Bertz CT molecular complexity index is 626. The first-order valence-electron chi connectivity index (χ1n) is 9.84. The zero-order chi connectivity index (χ0) is 17.3. The van der Waals surface area contributed by atoms with Crippen molar-refractivity contribution < 1.29 is 9.53 Å². The Morgan fingerprint density at radius 3 is 2.76 bits per heavy atom. The van der Waals surface area contributed by atoms with Gasteiger partial charge in [-0.25, -0.2) is 0 Å². The number of hydrogen-bond donors (Lipinski definition) is 0. The van der Waals surface area contributed by atoms with Crippen molar-refractivity contribution >= 4 is 5.91 Å². The molecule has 0 aliphatic carbocycles. The zero-order valence-electron chi connectivity index (χ0n) is 15.4. The van der Waals surface area contributed by atoms with Crippen LogP contribution in [0.2, 0.25) is 0 Å². The molecule has 136 valence electrons. The van der Waals surface area contributed by atoms with E-state index in [1.807, 2.05) is 0 Å². The van der Waals surface area contributed by atoms with Crippen LogP contribution in [0, 0.1) is 12.3 Å². The molecule has 3 aliphatic heterocycles. The first-order valence-corrected chi connectivity index (χ1v) is 9.84. The predicted molar refractivity (Wildman–Crippen MR) is 98.3 cm³/mol. The number of carbonyl (C=O) groups excluding carboxylic acids is 1. The first-order chi connectivity index (χ1) is 12.2. The van der Waals surface area contributed by atoms with E-state index in [9.17, 15) is 4.79 Å². The van der Waals surface area contributed by atoms with Gasteiger partial charge in [0, 0.05) is 38.9 Å². The van der Waals surface area contributed by atoms with Gasteiger partial charge in [-0.1, -0.05) is 24.3 Å². The maximum Gasteiger partial charge on any atom is 0.230 e. The lowest BCUT2D eigenvalue weighted by atomic mass is 9.77. The average molecular weight is 342 g/mol. The number of rotatable bonds is 3. The highest BCUT2D eigenvalue weighted by atomic mass is 16.5. The first kappa shape index (κ1) is 17.0. The maximum absolute atomic E-state index is 13.4. The molecule has 25 heavy (non-hydrogen) atoms. The fourth-order valence-electron chi connectivity index (χ4n) is 4.95. The molecule has 3 aliphatic rings. The second-order valence-electron chi connectivity index (χ2n) is 8.11. The van der Waals surface area contributed by atoms with E-state index in [2.05, 4.69) is 41.0 Å². The monoisotopic (exact) mass is 342 g/mol. The summed E-state index contributed by atoms with van der Waals surface area (Å²) >= 11 is 0. The smallest absolute Gasteiger partial charge is 0.230 e. The number of amides is 1. The number of aryl methyl sites for hydroxylation is 1. The normalized spacial score (nSPS) is 28.8. The van der Waals surface area contributed by atoms with Crippen LogP contribution < -0.4 is 0 Å². The van der Waals surface area contributed by atoms with Crippen molar-refractivity contribution in [3.63, 3.8) is 0 Å². The molecule has 0 N–H and O–H groups in total. The van der Waals surface area contributed by atoms with Gasteiger partial charge in [-0.05, 0) is 56.7 Å². The Morgan fingerprint density at radius 2 is 1.96 bits per heavy atom. The van der Waals surface area contributed by atoms with E-state index in [1.165, 1.54) is 11.1 Å². The topological polar surface area (TPSA) is 32.8 Å². The standard InChI is InChI=1S/C21H30N2O2/c1-17-5-2-3-6-18(17)15-22-12-10-21(16-22)9-4-11-23(20(21)24)19-7-13-25-14-8-19/h2-3,5-6,19H,4,7-16H2,1H3. The summed E-state index contributed by atoms with van der Waals surface area (Å²) < 4.78 is 5.49. The molecule has 1 aromatic rings. The van der Waals surface area contributed by atoms with Crippen LogP contribution in [-0.4, -0.2) is 54.6 Å². The number of nitrogens with zero attached hydrogens (tertiary/aromatic N) is 2. The van der Waals surface area contributed by atoms with Crippen LogP contribution in [0.25, 0.3) is 0 Å². The van der Waals surface area contributed by atoms with Crippen LogP contribution in [0.3, 0.4) is 0 Å². The van der Waals surface area contributed by atoms with Gasteiger partial charge >= 0.3 is 0 Å². The van der Waals surface area contributed by atoms with Gasteiger partial charge in [0.05, 0.1) is 5.41 Å². The molecule has 3 fully saturated rings. The molecule has 4 heteroatoms. The van der Waals surface area contributed by atoms with Crippen LogP contribution in [0.5, 0.6) is 0 Å². The van der Waals surface area contributed by atoms with Crippen LogP contribution in [0.1, 0.15) is 43.2 Å².